The fourth-order valence-electron chi connectivity index (χ4n) is 4.39. The molecule has 0 bridgehead atoms. The van der Waals surface area contributed by atoms with Crippen molar-refractivity contribution in [1.29, 1.82) is 0 Å². The lowest BCUT2D eigenvalue weighted by atomic mass is 9.90. The molecule has 6 heteroatoms. The number of nitrogens with zero attached hydrogens (tertiary/aromatic N) is 2. The third-order valence-electron chi connectivity index (χ3n) is 5.82. The molecule has 2 fully saturated rings. The van der Waals surface area contributed by atoms with E-state index in [2.05, 4.69) is 30.0 Å². The molecular weight excluding hydrogens is 371 g/mol. The lowest BCUT2D eigenvalue weighted by Crippen LogP contribution is -2.61. The molecular formula is C23H27FN2O3. The largest absolute Gasteiger partial charge is 0.496 e. The Hall–Kier alpha value is -2.44. The Kier molecular flexibility index (Phi) is 5.56. The number of amides is 1. The van der Waals surface area contributed by atoms with Gasteiger partial charge in [0.2, 0.25) is 0 Å². The number of hydrogen-bond donors (Lipinski definition) is 0. The van der Waals surface area contributed by atoms with Crippen LogP contribution in [0.1, 0.15) is 24.0 Å². The van der Waals surface area contributed by atoms with Crippen molar-refractivity contribution in [3.05, 3.63) is 59.4 Å². The van der Waals surface area contributed by atoms with Gasteiger partial charge in [-0.15, -0.1) is 0 Å². The van der Waals surface area contributed by atoms with Gasteiger partial charge in [-0.3, -0.25) is 9.69 Å². The second-order valence-corrected chi connectivity index (χ2v) is 8.06. The molecule has 0 aromatic heterocycles. The van der Waals surface area contributed by atoms with Crippen LogP contribution >= 0.6 is 0 Å². The summed E-state index contributed by atoms with van der Waals surface area (Å²) in [5.41, 5.74) is 2.47. The quantitative estimate of drug-likeness (QED) is 0.790. The number of hydrogen-bond acceptors (Lipinski definition) is 4. The van der Waals surface area contributed by atoms with Crippen LogP contribution < -0.4 is 9.64 Å². The number of benzene rings is 2. The summed E-state index contributed by atoms with van der Waals surface area (Å²) in [5, 5.41) is 0. The molecule has 0 saturated carbocycles. The minimum Gasteiger partial charge on any atom is -0.496 e. The molecule has 2 heterocycles. The van der Waals surface area contributed by atoms with Gasteiger partial charge in [0.05, 0.1) is 19.3 Å². The number of methoxy groups -OCH3 is 1. The van der Waals surface area contributed by atoms with Crippen LogP contribution in [0.3, 0.4) is 0 Å². The number of likely N-dealkylation sites (tertiary alicyclic amines) is 1. The molecule has 1 amide bonds. The number of carbonyl (C=O) groups excluding carboxylic acids is 1. The molecule has 1 unspecified atom stereocenters. The molecule has 0 aliphatic carbocycles. The summed E-state index contributed by atoms with van der Waals surface area (Å²) in [6, 6.07) is 12.5. The summed E-state index contributed by atoms with van der Waals surface area (Å²) in [4.78, 5) is 16.5. The highest BCUT2D eigenvalue weighted by molar-refractivity contribution is 5.95. The Labute approximate surface area is 171 Å². The van der Waals surface area contributed by atoms with Crippen LogP contribution in [0.4, 0.5) is 10.1 Å². The average Bonchev–Trinajstić information content (AvgIpc) is 2.71. The Morgan fingerprint density at radius 1 is 1.21 bits per heavy atom. The van der Waals surface area contributed by atoms with Crippen LogP contribution in [0, 0.1) is 12.7 Å². The zero-order valence-corrected chi connectivity index (χ0v) is 17.0. The number of carbonyl (C=O) groups is 1. The van der Waals surface area contributed by atoms with Crippen molar-refractivity contribution >= 4 is 11.6 Å². The highest BCUT2D eigenvalue weighted by Crippen LogP contribution is 2.33. The topological polar surface area (TPSA) is 42.0 Å². The summed E-state index contributed by atoms with van der Waals surface area (Å²) in [6.45, 7) is 4.98. The number of piperidine rings is 1. The fraction of sp³-hybridized carbons (Fsp3) is 0.435. The van der Waals surface area contributed by atoms with Gasteiger partial charge in [0.1, 0.15) is 18.2 Å². The van der Waals surface area contributed by atoms with E-state index in [9.17, 15) is 9.18 Å². The molecule has 4 rings (SSSR count). The van der Waals surface area contributed by atoms with Gasteiger partial charge in [-0.25, -0.2) is 4.39 Å². The molecule has 0 radical (unpaired) electrons. The van der Waals surface area contributed by atoms with Crippen LogP contribution in [0.5, 0.6) is 5.75 Å². The van der Waals surface area contributed by atoms with E-state index in [1.165, 1.54) is 17.7 Å². The Balaban J connectivity index is 1.51. The van der Waals surface area contributed by atoms with Crippen LogP contribution in [0.2, 0.25) is 0 Å². The molecule has 2 aromatic carbocycles. The number of halogens is 1. The minimum absolute atomic E-state index is 0.0260. The SMILES string of the molecule is COc1cc(C)ccc1CN1CCCC2(C1)CN(c1cccc(F)c1)C(=O)CO2. The van der Waals surface area contributed by atoms with Gasteiger partial charge in [0.15, 0.2) is 0 Å². The molecule has 0 N–H and O–H groups in total. The van der Waals surface area contributed by atoms with Crippen LogP contribution in [-0.4, -0.2) is 49.8 Å². The maximum atomic E-state index is 13.7. The number of anilines is 1. The number of ether oxygens (including phenoxy) is 2. The predicted octanol–water partition coefficient (Wildman–Crippen LogP) is 3.54. The summed E-state index contributed by atoms with van der Waals surface area (Å²) in [6.07, 6.45) is 1.87. The van der Waals surface area contributed by atoms with E-state index in [1.54, 1.807) is 24.1 Å². The van der Waals surface area contributed by atoms with Crippen molar-refractivity contribution in [3.8, 4) is 5.75 Å². The van der Waals surface area contributed by atoms with Gasteiger partial charge in [-0.05, 0) is 56.1 Å². The van der Waals surface area contributed by atoms with E-state index in [1.807, 2.05) is 0 Å². The maximum absolute atomic E-state index is 13.7. The normalized spacial score (nSPS) is 22.9. The molecule has 1 atom stereocenters. The molecule has 2 saturated heterocycles. The molecule has 2 aliphatic rings. The van der Waals surface area contributed by atoms with E-state index in [0.29, 0.717) is 12.2 Å². The van der Waals surface area contributed by atoms with Crippen molar-refractivity contribution in [2.24, 2.45) is 0 Å². The third kappa shape index (κ3) is 4.28. The second kappa shape index (κ2) is 8.13. The molecule has 1 spiro atoms. The predicted molar refractivity (Wildman–Crippen MR) is 110 cm³/mol. The zero-order valence-electron chi connectivity index (χ0n) is 17.0. The average molecular weight is 398 g/mol. The van der Waals surface area contributed by atoms with Crippen LogP contribution in [0.15, 0.2) is 42.5 Å². The zero-order chi connectivity index (χ0) is 20.4. The van der Waals surface area contributed by atoms with Crippen molar-refractivity contribution in [2.75, 3.05) is 38.3 Å². The van der Waals surface area contributed by atoms with Gasteiger partial charge in [0, 0.05) is 24.3 Å². The summed E-state index contributed by atoms with van der Waals surface area (Å²) >= 11 is 0. The summed E-state index contributed by atoms with van der Waals surface area (Å²) in [5.74, 6) is 0.428. The molecule has 2 aliphatic heterocycles. The molecule has 154 valence electrons. The highest BCUT2D eigenvalue weighted by Gasteiger charge is 2.43. The van der Waals surface area contributed by atoms with Gasteiger partial charge in [-0.2, -0.15) is 0 Å². The second-order valence-electron chi connectivity index (χ2n) is 8.06. The molecule has 29 heavy (non-hydrogen) atoms. The van der Waals surface area contributed by atoms with E-state index in [0.717, 1.165) is 43.8 Å². The standard InChI is InChI=1S/C23H27FN2O3/c1-17-7-8-18(21(11-17)28-2)13-25-10-4-9-23(15-25)16-26(22(27)14-29-23)20-6-3-5-19(24)12-20/h3,5-8,11-12H,4,9-10,13-16H2,1-2H3. The first-order chi connectivity index (χ1) is 14.0. The highest BCUT2D eigenvalue weighted by atomic mass is 19.1. The molecule has 2 aromatic rings. The Bertz CT molecular complexity index is 903. The first-order valence-electron chi connectivity index (χ1n) is 10.0. The molecule has 5 nitrogen and oxygen atoms in total. The first kappa shape index (κ1) is 19.9. The van der Waals surface area contributed by atoms with Crippen molar-refractivity contribution in [1.82, 2.24) is 4.90 Å². The van der Waals surface area contributed by atoms with Crippen molar-refractivity contribution < 1.29 is 18.7 Å². The lowest BCUT2D eigenvalue weighted by Gasteiger charge is -2.47. The van der Waals surface area contributed by atoms with E-state index in [4.69, 9.17) is 9.47 Å². The Morgan fingerprint density at radius 3 is 2.86 bits per heavy atom. The third-order valence-corrected chi connectivity index (χ3v) is 5.82. The summed E-state index contributed by atoms with van der Waals surface area (Å²) < 4.78 is 25.3. The number of aryl methyl sites for hydroxylation is 1. The minimum atomic E-state index is -0.434. The van der Waals surface area contributed by atoms with Crippen molar-refractivity contribution in [3.63, 3.8) is 0 Å². The van der Waals surface area contributed by atoms with Crippen LogP contribution in [0.25, 0.3) is 0 Å². The number of morpholine rings is 1. The fourth-order valence-corrected chi connectivity index (χ4v) is 4.39. The smallest absolute Gasteiger partial charge is 0.253 e. The lowest BCUT2D eigenvalue weighted by molar-refractivity contribution is -0.146. The van der Waals surface area contributed by atoms with E-state index in [-0.39, 0.29) is 18.3 Å². The Morgan fingerprint density at radius 2 is 2.07 bits per heavy atom. The van der Waals surface area contributed by atoms with Crippen molar-refractivity contribution in [2.45, 2.75) is 31.9 Å². The maximum Gasteiger partial charge on any atom is 0.253 e. The van der Waals surface area contributed by atoms with E-state index < -0.39 is 5.60 Å². The summed E-state index contributed by atoms with van der Waals surface area (Å²) in [7, 11) is 1.70. The van der Waals surface area contributed by atoms with E-state index >= 15 is 0 Å². The van der Waals surface area contributed by atoms with Gasteiger partial charge >= 0.3 is 0 Å². The van der Waals surface area contributed by atoms with Gasteiger partial charge < -0.3 is 14.4 Å². The van der Waals surface area contributed by atoms with Gasteiger partial charge in [0.25, 0.3) is 5.91 Å². The first-order valence-corrected chi connectivity index (χ1v) is 10.0. The number of rotatable bonds is 4. The van der Waals surface area contributed by atoms with Gasteiger partial charge in [-0.1, -0.05) is 18.2 Å². The van der Waals surface area contributed by atoms with Crippen LogP contribution in [-0.2, 0) is 16.1 Å². The monoisotopic (exact) mass is 398 g/mol.